The Labute approximate surface area is 152 Å². The van der Waals surface area contributed by atoms with Gasteiger partial charge in [0.1, 0.15) is 0 Å². The highest BCUT2D eigenvalue weighted by atomic mass is 19.4. The smallest absolute Gasteiger partial charge is 0.373 e. The fraction of sp³-hybridized carbons (Fsp3) is 0.550. The number of nitrogens with zero attached hydrogens (tertiary/aromatic N) is 2. The van der Waals surface area contributed by atoms with Gasteiger partial charge in [0.05, 0.1) is 5.56 Å². The van der Waals surface area contributed by atoms with E-state index in [-0.39, 0.29) is 11.3 Å². The third-order valence-electron chi connectivity index (χ3n) is 5.25. The van der Waals surface area contributed by atoms with Crippen molar-refractivity contribution in [2.24, 2.45) is 0 Å². The first-order chi connectivity index (χ1) is 12.4. The molecule has 2 heterocycles. The van der Waals surface area contributed by atoms with E-state index in [4.69, 9.17) is 0 Å². The van der Waals surface area contributed by atoms with Gasteiger partial charge in [-0.15, -0.1) is 0 Å². The van der Waals surface area contributed by atoms with Crippen LogP contribution in [-0.2, 0) is 6.18 Å². The van der Waals surface area contributed by atoms with Gasteiger partial charge >= 0.3 is 6.18 Å². The van der Waals surface area contributed by atoms with Gasteiger partial charge in [-0.25, -0.2) is 0 Å². The first-order valence-corrected chi connectivity index (χ1v) is 9.31. The molecule has 0 aliphatic carbocycles. The molecule has 1 aromatic rings. The van der Waals surface area contributed by atoms with Crippen LogP contribution in [0.1, 0.15) is 48.0 Å². The lowest BCUT2D eigenvalue weighted by Crippen LogP contribution is -2.40. The standard InChI is InChI=1S/C20H25F3N2O/c21-20(22,23)17-8-6-16(7-9-17)19(26)10-14-25-13-4-5-18(25)15-24-11-2-1-3-12-24/h6-10,14,18H,1-5,11-13,15H2/t18-/m0/s1. The van der Waals surface area contributed by atoms with Gasteiger partial charge in [-0.3, -0.25) is 4.79 Å². The molecule has 1 aromatic carbocycles. The van der Waals surface area contributed by atoms with Gasteiger partial charge < -0.3 is 9.80 Å². The number of piperidine rings is 1. The highest BCUT2D eigenvalue weighted by Crippen LogP contribution is 2.29. The molecular weight excluding hydrogens is 341 g/mol. The molecule has 2 aliphatic heterocycles. The first kappa shape index (κ1) is 19.0. The number of benzene rings is 1. The number of likely N-dealkylation sites (tertiary alicyclic amines) is 2. The van der Waals surface area contributed by atoms with Crippen LogP contribution in [0.4, 0.5) is 13.2 Å². The Kier molecular flexibility index (Phi) is 6.01. The van der Waals surface area contributed by atoms with Gasteiger partial charge in [-0.2, -0.15) is 13.2 Å². The van der Waals surface area contributed by atoms with Crippen molar-refractivity contribution in [2.45, 2.75) is 44.3 Å². The molecule has 142 valence electrons. The van der Waals surface area contributed by atoms with Crippen LogP contribution in [0.5, 0.6) is 0 Å². The number of allylic oxidation sites excluding steroid dienone is 1. The molecule has 0 radical (unpaired) electrons. The largest absolute Gasteiger partial charge is 0.416 e. The molecule has 0 unspecified atom stereocenters. The predicted molar refractivity (Wildman–Crippen MR) is 94.9 cm³/mol. The molecule has 0 aromatic heterocycles. The summed E-state index contributed by atoms with van der Waals surface area (Å²) in [6.45, 7) is 4.26. The fourth-order valence-electron chi connectivity index (χ4n) is 3.77. The van der Waals surface area contributed by atoms with Crippen LogP contribution >= 0.6 is 0 Å². The lowest BCUT2D eigenvalue weighted by Gasteiger charge is -2.32. The number of hydrogen-bond donors (Lipinski definition) is 0. The molecule has 6 heteroatoms. The van der Waals surface area contributed by atoms with E-state index in [2.05, 4.69) is 9.80 Å². The molecule has 3 nitrogen and oxygen atoms in total. The van der Waals surface area contributed by atoms with Crippen molar-refractivity contribution >= 4 is 5.78 Å². The maximum atomic E-state index is 12.6. The lowest BCUT2D eigenvalue weighted by atomic mass is 10.1. The van der Waals surface area contributed by atoms with Crippen LogP contribution in [-0.4, -0.2) is 47.8 Å². The Bertz CT molecular complexity index is 633. The van der Waals surface area contributed by atoms with E-state index in [0.717, 1.165) is 51.2 Å². The Morgan fingerprint density at radius 1 is 1.04 bits per heavy atom. The van der Waals surface area contributed by atoms with E-state index in [0.29, 0.717) is 6.04 Å². The summed E-state index contributed by atoms with van der Waals surface area (Å²) in [7, 11) is 0. The monoisotopic (exact) mass is 366 g/mol. The topological polar surface area (TPSA) is 23.6 Å². The highest BCUT2D eigenvalue weighted by Gasteiger charge is 2.30. The van der Waals surface area contributed by atoms with Crippen LogP contribution in [0.3, 0.4) is 0 Å². The Morgan fingerprint density at radius 3 is 2.38 bits per heavy atom. The van der Waals surface area contributed by atoms with Crippen LogP contribution in [0.25, 0.3) is 0 Å². The van der Waals surface area contributed by atoms with E-state index in [1.54, 1.807) is 0 Å². The van der Waals surface area contributed by atoms with E-state index in [1.165, 1.54) is 37.5 Å². The van der Waals surface area contributed by atoms with Gasteiger partial charge in [0.25, 0.3) is 0 Å². The molecule has 1 atom stereocenters. The normalized spacial score (nSPS) is 22.3. The molecule has 2 saturated heterocycles. The molecule has 0 N–H and O–H groups in total. The average molecular weight is 366 g/mol. The molecule has 0 amide bonds. The minimum Gasteiger partial charge on any atom is -0.373 e. The van der Waals surface area contributed by atoms with Crippen molar-refractivity contribution < 1.29 is 18.0 Å². The fourth-order valence-corrected chi connectivity index (χ4v) is 3.77. The summed E-state index contributed by atoms with van der Waals surface area (Å²) in [6, 6.07) is 4.81. The van der Waals surface area contributed by atoms with Gasteiger partial charge in [0, 0.05) is 37.0 Å². The quantitative estimate of drug-likeness (QED) is 0.572. The second-order valence-corrected chi connectivity index (χ2v) is 7.15. The van der Waals surface area contributed by atoms with E-state index < -0.39 is 11.7 Å². The van der Waals surface area contributed by atoms with Crippen LogP contribution in [0, 0.1) is 0 Å². The van der Waals surface area contributed by atoms with Gasteiger partial charge in [0.15, 0.2) is 5.78 Å². The number of halogens is 3. The summed E-state index contributed by atoms with van der Waals surface area (Å²) in [5.74, 6) is -0.262. The summed E-state index contributed by atoms with van der Waals surface area (Å²) >= 11 is 0. The van der Waals surface area contributed by atoms with Gasteiger partial charge in [-0.1, -0.05) is 18.6 Å². The number of carbonyl (C=O) groups excluding carboxylic acids is 1. The van der Waals surface area contributed by atoms with Crippen LogP contribution < -0.4 is 0 Å². The zero-order valence-corrected chi connectivity index (χ0v) is 14.8. The van der Waals surface area contributed by atoms with Crippen molar-refractivity contribution in [2.75, 3.05) is 26.2 Å². The maximum Gasteiger partial charge on any atom is 0.416 e. The third kappa shape index (κ3) is 4.87. The molecule has 0 bridgehead atoms. The number of rotatable bonds is 5. The number of ketones is 1. The highest BCUT2D eigenvalue weighted by molar-refractivity contribution is 6.04. The number of hydrogen-bond acceptors (Lipinski definition) is 3. The molecule has 0 spiro atoms. The SMILES string of the molecule is O=C(C=CN1CCC[C@H]1CN1CCCCC1)c1ccc(C(F)(F)F)cc1. The van der Waals surface area contributed by atoms with E-state index in [1.807, 2.05) is 6.20 Å². The zero-order valence-electron chi connectivity index (χ0n) is 14.8. The summed E-state index contributed by atoms with van der Waals surface area (Å²) < 4.78 is 37.8. The minimum atomic E-state index is -4.38. The molecule has 2 fully saturated rings. The van der Waals surface area contributed by atoms with Gasteiger partial charge in [-0.05, 0) is 50.9 Å². The zero-order chi connectivity index (χ0) is 18.6. The Hall–Kier alpha value is -1.82. The van der Waals surface area contributed by atoms with Crippen molar-refractivity contribution in [3.05, 3.63) is 47.7 Å². The van der Waals surface area contributed by atoms with Gasteiger partial charge in [0.2, 0.25) is 0 Å². The summed E-state index contributed by atoms with van der Waals surface area (Å²) in [4.78, 5) is 17.0. The minimum absolute atomic E-state index is 0.262. The van der Waals surface area contributed by atoms with Crippen molar-refractivity contribution in [3.8, 4) is 0 Å². The maximum absolute atomic E-state index is 12.6. The third-order valence-corrected chi connectivity index (χ3v) is 5.25. The molecule has 2 aliphatic rings. The first-order valence-electron chi connectivity index (χ1n) is 9.31. The molecule has 0 saturated carbocycles. The average Bonchev–Trinajstić information content (AvgIpc) is 3.07. The summed E-state index contributed by atoms with van der Waals surface area (Å²) in [5, 5.41) is 0. The molecular formula is C20H25F3N2O. The Morgan fingerprint density at radius 2 is 1.73 bits per heavy atom. The number of carbonyl (C=O) groups is 1. The van der Waals surface area contributed by atoms with Crippen molar-refractivity contribution in [1.29, 1.82) is 0 Å². The Balaban J connectivity index is 1.58. The molecule has 3 rings (SSSR count). The van der Waals surface area contributed by atoms with E-state index >= 15 is 0 Å². The second kappa shape index (κ2) is 8.25. The lowest BCUT2D eigenvalue weighted by molar-refractivity contribution is -0.137. The van der Waals surface area contributed by atoms with Crippen molar-refractivity contribution in [3.63, 3.8) is 0 Å². The summed E-state index contributed by atoms with van der Waals surface area (Å²) in [5.41, 5.74) is -0.458. The van der Waals surface area contributed by atoms with Crippen molar-refractivity contribution in [1.82, 2.24) is 9.80 Å². The second-order valence-electron chi connectivity index (χ2n) is 7.15. The van der Waals surface area contributed by atoms with Crippen LogP contribution in [0.15, 0.2) is 36.5 Å². The van der Waals surface area contributed by atoms with E-state index in [9.17, 15) is 18.0 Å². The number of alkyl halides is 3. The van der Waals surface area contributed by atoms with Crippen LogP contribution in [0.2, 0.25) is 0 Å². The predicted octanol–water partition coefficient (Wildman–Crippen LogP) is 4.35. The summed E-state index contributed by atoms with van der Waals surface area (Å²) in [6.07, 6.45) is 4.98. The molecule has 26 heavy (non-hydrogen) atoms.